The summed E-state index contributed by atoms with van der Waals surface area (Å²) in [7, 11) is 0. The molecule has 0 radical (unpaired) electrons. The molecule has 1 aromatic heterocycles. The van der Waals surface area contributed by atoms with Crippen LogP contribution < -0.4 is 11.1 Å². The number of aromatic nitrogens is 2. The number of nitrogen functional groups attached to an aromatic ring is 1. The Hall–Kier alpha value is -1.52. The Labute approximate surface area is 89.4 Å². The molecule has 0 saturated carbocycles. The van der Waals surface area contributed by atoms with Crippen LogP contribution in [0, 0.1) is 5.41 Å². The number of nitrogens with two attached hydrogens (primary N) is 1. The predicted octanol–water partition coefficient (Wildman–Crippen LogP) is 1.04. The molecule has 0 spiro atoms. The van der Waals surface area contributed by atoms with Crippen molar-refractivity contribution in [2.45, 2.75) is 33.7 Å². The molecular weight excluding hydrogens is 192 g/mol. The normalized spacial score (nSPS) is 11.4. The number of rotatable bonds is 4. The van der Waals surface area contributed by atoms with Gasteiger partial charge in [0, 0.05) is 17.5 Å². The van der Waals surface area contributed by atoms with E-state index in [4.69, 9.17) is 5.73 Å². The van der Waals surface area contributed by atoms with Gasteiger partial charge in [0.05, 0.1) is 6.20 Å². The van der Waals surface area contributed by atoms with E-state index in [0.29, 0.717) is 12.4 Å². The molecule has 1 rings (SSSR count). The number of aromatic amines is 1. The van der Waals surface area contributed by atoms with E-state index < -0.39 is 0 Å². The molecule has 1 amide bonds. The first kappa shape index (κ1) is 11.6. The minimum Gasteiger partial charge on any atom is -0.384 e. The third-order valence-corrected chi connectivity index (χ3v) is 2.69. The molecule has 4 N–H and O–H groups in total. The van der Waals surface area contributed by atoms with Gasteiger partial charge in [-0.15, -0.1) is 0 Å². The lowest BCUT2D eigenvalue weighted by molar-refractivity contribution is -0.129. The fourth-order valence-corrected chi connectivity index (χ4v) is 1.04. The Balaban J connectivity index is 2.52. The molecule has 1 heterocycles. The maximum atomic E-state index is 11.7. The van der Waals surface area contributed by atoms with Gasteiger partial charge in [0.2, 0.25) is 5.91 Å². The van der Waals surface area contributed by atoms with Gasteiger partial charge in [-0.3, -0.25) is 9.89 Å². The van der Waals surface area contributed by atoms with Gasteiger partial charge in [0.15, 0.2) is 0 Å². The van der Waals surface area contributed by atoms with E-state index >= 15 is 0 Å². The van der Waals surface area contributed by atoms with Crippen LogP contribution in [0.1, 0.15) is 32.8 Å². The average molecular weight is 210 g/mol. The zero-order chi connectivity index (χ0) is 11.5. The van der Waals surface area contributed by atoms with Crippen LogP contribution in [0.3, 0.4) is 0 Å². The molecule has 0 bridgehead atoms. The molecule has 0 aromatic carbocycles. The van der Waals surface area contributed by atoms with Crippen LogP contribution in [0.2, 0.25) is 0 Å². The van der Waals surface area contributed by atoms with Crippen molar-refractivity contribution in [1.29, 1.82) is 0 Å². The number of hydrogen-bond acceptors (Lipinski definition) is 3. The van der Waals surface area contributed by atoms with Gasteiger partial charge in [-0.1, -0.05) is 20.8 Å². The summed E-state index contributed by atoms with van der Waals surface area (Å²) in [6.45, 7) is 6.25. The van der Waals surface area contributed by atoms with E-state index in [1.165, 1.54) is 0 Å². The summed E-state index contributed by atoms with van der Waals surface area (Å²) in [4.78, 5) is 11.7. The van der Waals surface area contributed by atoms with Crippen molar-refractivity contribution in [1.82, 2.24) is 15.5 Å². The van der Waals surface area contributed by atoms with Crippen LogP contribution in [0.4, 0.5) is 5.82 Å². The lowest BCUT2D eigenvalue weighted by atomic mass is 9.89. The number of hydrogen-bond donors (Lipinski definition) is 3. The first-order chi connectivity index (χ1) is 6.97. The third-order valence-electron chi connectivity index (χ3n) is 2.69. The second kappa shape index (κ2) is 4.33. The van der Waals surface area contributed by atoms with Gasteiger partial charge in [0.1, 0.15) is 5.82 Å². The maximum Gasteiger partial charge on any atom is 0.225 e. The van der Waals surface area contributed by atoms with Gasteiger partial charge < -0.3 is 11.1 Å². The molecule has 0 unspecified atom stereocenters. The topological polar surface area (TPSA) is 83.8 Å². The second-order valence-corrected chi connectivity index (χ2v) is 4.23. The molecule has 5 nitrogen and oxygen atoms in total. The Bertz CT molecular complexity index is 343. The summed E-state index contributed by atoms with van der Waals surface area (Å²) in [5, 5.41) is 9.24. The molecule has 0 fully saturated rings. The number of anilines is 1. The van der Waals surface area contributed by atoms with E-state index in [2.05, 4.69) is 15.5 Å². The lowest BCUT2D eigenvalue weighted by Crippen LogP contribution is -2.36. The van der Waals surface area contributed by atoms with Crippen molar-refractivity contribution in [2.75, 3.05) is 5.73 Å². The lowest BCUT2D eigenvalue weighted by Gasteiger charge is -2.21. The highest BCUT2D eigenvalue weighted by Gasteiger charge is 2.24. The van der Waals surface area contributed by atoms with Crippen LogP contribution in [-0.4, -0.2) is 16.1 Å². The van der Waals surface area contributed by atoms with Crippen LogP contribution in [0.25, 0.3) is 0 Å². The van der Waals surface area contributed by atoms with Crippen molar-refractivity contribution in [3.05, 3.63) is 11.8 Å². The molecule has 1 aromatic rings. The van der Waals surface area contributed by atoms with Gasteiger partial charge in [0.25, 0.3) is 0 Å². The number of nitrogens with one attached hydrogen (secondary N) is 2. The van der Waals surface area contributed by atoms with E-state index in [9.17, 15) is 4.79 Å². The van der Waals surface area contributed by atoms with Gasteiger partial charge in [-0.2, -0.15) is 5.10 Å². The average Bonchev–Trinajstić information content (AvgIpc) is 2.60. The molecule has 5 heteroatoms. The SMILES string of the molecule is CCC(C)(C)C(=O)NCc1cn[nH]c1N. The summed E-state index contributed by atoms with van der Waals surface area (Å²) >= 11 is 0. The quantitative estimate of drug-likeness (QED) is 0.694. The Morgan fingerprint density at radius 3 is 2.80 bits per heavy atom. The Morgan fingerprint density at radius 2 is 2.33 bits per heavy atom. The van der Waals surface area contributed by atoms with Gasteiger partial charge >= 0.3 is 0 Å². The first-order valence-corrected chi connectivity index (χ1v) is 5.03. The number of carbonyl (C=O) groups excluding carboxylic acids is 1. The first-order valence-electron chi connectivity index (χ1n) is 5.03. The van der Waals surface area contributed by atoms with E-state index in [0.717, 1.165) is 12.0 Å². The zero-order valence-corrected chi connectivity index (χ0v) is 9.42. The highest BCUT2D eigenvalue weighted by molar-refractivity contribution is 5.81. The molecule has 0 atom stereocenters. The largest absolute Gasteiger partial charge is 0.384 e. The molecule has 15 heavy (non-hydrogen) atoms. The minimum atomic E-state index is -0.335. The van der Waals surface area contributed by atoms with Crippen LogP contribution in [0.15, 0.2) is 6.20 Å². The summed E-state index contributed by atoms with van der Waals surface area (Å²) in [6, 6.07) is 0. The van der Waals surface area contributed by atoms with Crippen LogP contribution in [-0.2, 0) is 11.3 Å². The van der Waals surface area contributed by atoms with Crippen molar-refractivity contribution < 1.29 is 4.79 Å². The van der Waals surface area contributed by atoms with E-state index in [1.807, 2.05) is 20.8 Å². The summed E-state index contributed by atoms with van der Waals surface area (Å²) < 4.78 is 0. The van der Waals surface area contributed by atoms with Crippen molar-refractivity contribution in [3.63, 3.8) is 0 Å². The number of H-pyrrole nitrogens is 1. The smallest absolute Gasteiger partial charge is 0.225 e. The molecule has 0 aliphatic heterocycles. The number of nitrogens with zero attached hydrogens (tertiary/aromatic N) is 1. The number of carbonyl (C=O) groups is 1. The zero-order valence-electron chi connectivity index (χ0n) is 9.42. The van der Waals surface area contributed by atoms with Crippen LogP contribution in [0.5, 0.6) is 0 Å². The standard InChI is InChI=1S/C10H18N4O/c1-4-10(2,3)9(15)12-5-7-6-13-14-8(7)11/h6H,4-5H2,1-3H3,(H,12,15)(H3,11,13,14). The monoisotopic (exact) mass is 210 g/mol. The van der Waals surface area contributed by atoms with E-state index in [-0.39, 0.29) is 11.3 Å². The summed E-state index contributed by atoms with van der Waals surface area (Å²) in [5.41, 5.74) is 6.08. The highest BCUT2D eigenvalue weighted by Crippen LogP contribution is 2.19. The maximum absolute atomic E-state index is 11.7. The number of amides is 1. The Morgan fingerprint density at radius 1 is 1.67 bits per heavy atom. The molecule has 0 aliphatic carbocycles. The third kappa shape index (κ3) is 2.71. The fourth-order valence-electron chi connectivity index (χ4n) is 1.04. The van der Waals surface area contributed by atoms with Gasteiger partial charge in [-0.05, 0) is 6.42 Å². The van der Waals surface area contributed by atoms with Crippen molar-refractivity contribution in [3.8, 4) is 0 Å². The van der Waals surface area contributed by atoms with Crippen LogP contribution >= 0.6 is 0 Å². The molecular formula is C10H18N4O. The molecule has 0 aliphatic rings. The van der Waals surface area contributed by atoms with Crippen molar-refractivity contribution >= 4 is 11.7 Å². The minimum absolute atomic E-state index is 0.0330. The molecule has 0 saturated heterocycles. The van der Waals surface area contributed by atoms with E-state index in [1.54, 1.807) is 6.20 Å². The second-order valence-electron chi connectivity index (χ2n) is 4.23. The fraction of sp³-hybridized carbons (Fsp3) is 0.600. The summed E-state index contributed by atoms with van der Waals surface area (Å²) in [6.07, 6.45) is 2.42. The summed E-state index contributed by atoms with van der Waals surface area (Å²) in [5.74, 6) is 0.537. The Kier molecular flexibility index (Phi) is 3.34. The predicted molar refractivity (Wildman–Crippen MR) is 58.9 cm³/mol. The van der Waals surface area contributed by atoms with Crippen molar-refractivity contribution in [2.24, 2.45) is 5.41 Å². The highest BCUT2D eigenvalue weighted by atomic mass is 16.2. The van der Waals surface area contributed by atoms with Gasteiger partial charge in [-0.25, -0.2) is 0 Å². The molecule has 84 valence electrons.